The van der Waals surface area contributed by atoms with Crippen molar-refractivity contribution < 1.29 is 8.42 Å². The molecule has 2 aliphatic rings. The van der Waals surface area contributed by atoms with Gasteiger partial charge in [0.2, 0.25) is 0 Å². The smallest absolute Gasteiger partial charge is 0.180 e. The van der Waals surface area contributed by atoms with Crippen LogP contribution in [0.4, 0.5) is 0 Å². The monoisotopic (exact) mass is 223 g/mol. The summed E-state index contributed by atoms with van der Waals surface area (Å²) >= 11 is 0. The van der Waals surface area contributed by atoms with Crippen molar-refractivity contribution in [3.8, 4) is 0 Å². The molecule has 0 amide bonds. The number of hydrogen-bond acceptors (Lipinski definition) is 3. The first-order chi connectivity index (χ1) is 7.17. The second-order valence-corrected chi connectivity index (χ2v) is 6.32. The van der Waals surface area contributed by atoms with Crippen LogP contribution in [-0.2, 0) is 9.84 Å². The van der Waals surface area contributed by atoms with E-state index < -0.39 is 9.84 Å². The summed E-state index contributed by atoms with van der Waals surface area (Å²) in [4.78, 5) is 0.517. The van der Waals surface area contributed by atoms with Crippen LogP contribution in [0.2, 0.25) is 0 Å². The molecule has 1 N–H and O–H groups in total. The highest BCUT2D eigenvalue weighted by Crippen LogP contribution is 2.35. The van der Waals surface area contributed by atoms with Crippen molar-refractivity contribution in [1.82, 2.24) is 5.32 Å². The quantitative estimate of drug-likeness (QED) is 0.821. The minimum atomic E-state index is -3.04. The van der Waals surface area contributed by atoms with E-state index in [-0.39, 0.29) is 11.8 Å². The van der Waals surface area contributed by atoms with Gasteiger partial charge in [-0.3, -0.25) is 0 Å². The molecule has 1 fully saturated rings. The molecule has 1 heterocycles. The third-order valence-electron chi connectivity index (χ3n) is 3.03. The van der Waals surface area contributed by atoms with Gasteiger partial charge in [-0.2, -0.15) is 0 Å². The summed E-state index contributed by atoms with van der Waals surface area (Å²) < 4.78 is 23.7. The van der Waals surface area contributed by atoms with Gasteiger partial charge in [0.05, 0.1) is 10.6 Å². The summed E-state index contributed by atoms with van der Waals surface area (Å²) in [5.74, 6) is 0.225. The fourth-order valence-corrected chi connectivity index (χ4v) is 3.87. The van der Waals surface area contributed by atoms with Crippen molar-refractivity contribution in [2.45, 2.75) is 29.8 Å². The number of benzene rings is 1. The predicted octanol–water partition coefficient (Wildman–Crippen LogP) is 1.27. The molecule has 1 aromatic rings. The van der Waals surface area contributed by atoms with Crippen molar-refractivity contribution in [2.75, 3.05) is 5.75 Å². The number of fused-ring (bicyclic) bond motifs is 1. The Bertz CT molecular complexity index is 491. The van der Waals surface area contributed by atoms with E-state index in [1.165, 1.54) is 12.8 Å². The van der Waals surface area contributed by atoms with E-state index in [0.29, 0.717) is 10.9 Å². The summed E-state index contributed by atoms with van der Waals surface area (Å²) in [5, 5.41) is 3.39. The van der Waals surface area contributed by atoms with E-state index in [1.807, 2.05) is 12.1 Å². The lowest BCUT2D eigenvalue weighted by Crippen LogP contribution is -2.24. The highest BCUT2D eigenvalue weighted by atomic mass is 32.2. The first-order valence-corrected chi connectivity index (χ1v) is 6.90. The SMILES string of the molecule is O=S1(=O)CC(NC2CC2)c2ccccc21. The van der Waals surface area contributed by atoms with Crippen LogP contribution >= 0.6 is 0 Å². The first kappa shape index (κ1) is 9.36. The Hall–Kier alpha value is -0.870. The summed E-state index contributed by atoms with van der Waals surface area (Å²) in [6, 6.07) is 7.87. The number of hydrogen-bond donors (Lipinski definition) is 1. The van der Waals surface area contributed by atoms with E-state index >= 15 is 0 Å². The first-order valence-electron chi connectivity index (χ1n) is 5.24. The molecule has 1 aliphatic carbocycles. The lowest BCUT2D eigenvalue weighted by Gasteiger charge is -2.10. The van der Waals surface area contributed by atoms with Gasteiger partial charge in [0, 0.05) is 12.1 Å². The Morgan fingerprint density at radius 2 is 1.93 bits per heavy atom. The molecule has 0 spiro atoms. The second-order valence-electron chi connectivity index (χ2n) is 4.31. The van der Waals surface area contributed by atoms with Crippen LogP contribution in [0.3, 0.4) is 0 Å². The van der Waals surface area contributed by atoms with Gasteiger partial charge in [0.1, 0.15) is 0 Å². The van der Waals surface area contributed by atoms with E-state index in [9.17, 15) is 8.42 Å². The number of nitrogens with one attached hydrogen (secondary N) is 1. The summed E-state index contributed by atoms with van der Waals surface area (Å²) in [6.45, 7) is 0. The largest absolute Gasteiger partial charge is 0.306 e. The molecule has 0 radical (unpaired) electrons. The highest BCUT2D eigenvalue weighted by Gasteiger charge is 2.36. The van der Waals surface area contributed by atoms with Crippen LogP contribution in [0.5, 0.6) is 0 Å². The molecule has 15 heavy (non-hydrogen) atoms. The maximum atomic E-state index is 11.8. The topological polar surface area (TPSA) is 46.2 Å². The van der Waals surface area contributed by atoms with Gasteiger partial charge in [0.25, 0.3) is 0 Å². The van der Waals surface area contributed by atoms with Gasteiger partial charge < -0.3 is 5.32 Å². The molecule has 3 nitrogen and oxygen atoms in total. The second kappa shape index (κ2) is 3.06. The van der Waals surface area contributed by atoms with Crippen LogP contribution in [0, 0.1) is 0 Å². The van der Waals surface area contributed by atoms with Gasteiger partial charge >= 0.3 is 0 Å². The van der Waals surface area contributed by atoms with Crippen molar-refractivity contribution in [3.05, 3.63) is 29.8 Å². The van der Waals surface area contributed by atoms with Gasteiger partial charge in [0.15, 0.2) is 9.84 Å². The molecule has 80 valence electrons. The van der Waals surface area contributed by atoms with Crippen molar-refractivity contribution >= 4 is 9.84 Å². The zero-order chi connectivity index (χ0) is 10.5. The Balaban J connectivity index is 2.01. The maximum Gasteiger partial charge on any atom is 0.180 e. The third kappa shape index (κ3) is 1.58. The molecule has 0 bridgehead atoms. The van der Waals surface area contributed by atoms with E-state index in [0.717, 1.165) is 5.56 Å². The van der Waals surface area contributed by atoms with Crippen molar-refractivity contribution in [3.63, 3.8) is 0 Å². The van der Waals surface area contributed by atoms with E-state index in [2.05, 4.69) is 5.32 Å². The van der Waals surface area contributed by atoms with Crippen LogP contribution < -0.4 is 5.32 Å². The molecular weight excluding hydrogens is 210 g/mol. The zero-order valence-electron chi connectivity index (χ0n) is 8.31. The van der Waals surface area contributed by atoms with Crippen LogP contribution in [0.1, 0.15) is 24.4 Å². The fraction of sp³-hybridized carbons (Fsp3) is 0.455. The highest BCUT2D eigenvalue weighted by molar-refractivity contribution is 7.91. The van der Waals surface area contributed by atoms with Crippen LogP contribution in [0.15, 0.2) is 29.2 Å². The third-order valence-corrected chi connectivity index (χ3v) is 4.84. The standard InChI is InChI=1S/C11H13NO2S/c13-15(14)7-10(12-8-5-6-8)9-3-1-2-4-11(9)15/h1-4,8,10,12H,5-7H2. The molecular formula is C11H13NO2S. The molecule has 1 saturated carbocycles. The minimum Gasteiger partial charge on any atom is -0.306 e. The average Bonchev–Trinajstić information content (AvgIpc) is 2.96. The summed E-state index contributed by atoms with van der Waals surface area (Å²) in [7, 11) is -3.04. The Labute approximate surface area is 89.4 Å². The van der Waals surface area contributed by atoms with E-state index in [1.54, 1.807) is 12.1 Å². The lowest BCUT2D eigenvalue weighted by atomic mass is 10.1. The molecule has 1 aliphatic heterocycles. The molecule has 1 atom stereocenters. The normalized spacial score (nSPS) is 27.6. The number of rotatable bonds is 2. The Morgan fingerprint density at radius 3 is 2.67 bits per heavy atom. The summed E-state index contributed by atoms with van der Waals surface area (Å²) in [5.41, 5.74) is 0.949. The maximum absolute atomic E-state index is 11.8. The van der Waals surface area contributed by atoms with Gasteiger partial charge in [-0.15, -0.1) is 0 Å². The Kier molecular flexibility index (Phi) is 1.91. The minimum absolute atomic E-state index is 0.0127. The molecule has 0 saturated heterocycles. The van der Waals surface area contributed by atoms with Gasteiger partial charge in [-0.05, 0) is 24.5 Å². The van der Waals surface area contributed by atoms with Gasteiger partial charge in [-0.1, -0.05) is 18.2 Å². The van der Waals surface area contributed by atoms with E-state index in [4.69, 9.17) is 0 Å². The zero-order valence-corrected chi connectivity index (χ0v) is 9.13. The Morgan fingerprint density at radius 1 is 1.20 bits per heavy atom. The molecule has 4 heteroatoms. The van der Waals surface area contributed by atoms with Crippen LogP contribution in [-0.4, -0.2) is 20.2 Å². The lowest BCUT2D eigenvalue weighted by molar-refractivity contribution is 0.564. The fourth-order valence-electron chi connectivity index (χ4n) is 2.12. The van der Waals surface area contributed by atoms with Crippen molar-refractivity contribution in [2.24, 2.45) is 0 Å². The van der Waals surface area contributed by atoms with Crippen LogP contribution in [0.25, 0.3) is 0 Å². The van der Waals surface area contributed by atoms with Crippen molar-refractivity contribution in [1.29, 1.82) is 0 Å². The molecule has 1 aromatic carbocycles. The molecule has 3 rings (SSSR count). The molecule has 0 aromatic heterocycles. The van der Waals surface area contributed by atoms with Gasteiger partial charge in [-0.25, -0.2) is 8.42 Å². The predicted molar refractivity (Wildman–Crippen MR) is 57.4 cm³/mol. The number of sulfone groups is 1. The average molecular weight is 223 g/mol. The summed E-state index contributed by atoms with van der Waals surface area (Å²) in [6.07, 6.45) is 2.36. The molecule has 1 unspecified atom stereocenters.